The molecular formula is C16H18F3N3O4. The van der Waals surface area contributed by atoms with Crippen LogP contribution in [0.25, 0.3) is 0 Å². The molecule has 0 fully saturated rings. The Morgan fingerprint density at radius 1 is 1.12 bits per heavy atom. The lowest BCUT2D eigenvalue weighted by Crippen LogP contribution is -2.21. The van der Waals surface area contributed by atoms with E-state index in [-0.39, 0.29) is 12.2 Å². The molecule has 1 aromatic carbocycles. The van der Waals surface area contributed by atoms with E-state index in [1.807, 2.05) is 0 Å². The molecule has 0 radical (unpaired) electrons. The van der Waals surface area contributed by atoms with Crippen molar-refractivity contribution in [2.24, 2.45) is 0 Å². The number of nitrogens with one attached hydrogen (secondary N) is 1. The predicted molar refractivity (Wildman–Crippen MR) is 86.7 cm³/mol. The molecular weight excluding hydrogens is 355 g/mol. The molecule has 10 heteroatoms. The van der Waals surface area contributed by atoms with Gasteiger partial charge in [0.2, 0.25) is 11.7 Å². The van der Waals surface area contributed by atoms with Gasteiger partial charge >= 0.3 is 6.18 Å². The van der Waals surface area contributed by atoms with E-state index in [1.54, 1.807) is 0 Å². The Bertz CT molecular complexity index is 778. The van der Waals surface area contributed by atoms with Gasteiger partial charge in [-0.05, 0) is 13.0 Å². The number of hydrogen-bond acceptors (Lipinski definition) is 5. The zero-order chi connectivity index (χ0) is 19.5. The number of anilines is 1. The number of aryl methyl sites for hydroxylation is 1. The summed E-state index contributed by atoms with van der Waals surface area (Å²) in [4.78, 5) is 12.2. The largest absolute Gasteiger partial charge is 0.493 e. The average Bonchev–Trinajstić information content (AvgIpc) is 2.94. The molecule has 0 aliphatic heterocycles. The summed E-state index contributed by atoms with van der Waals surface area (Å²) >= 11 is 0. The Kier molecular flexibility index (Phi) is 5.63. The fourth-order valence-corrected chi connectivity index (χ4v) is 2.30. The van der Waals surface area contributed by atoms with E-state index in [1.165, 1.54) is 40.4 Å². The molecule has 1 amide bonds. The number of methoxy groups -OCH3 is 3. The number of hydrogen-bond donors (Lipinski definition) is 1. The van der Waals surface area contributed by atoms with E-state index in [0.29, 0.717) is 22.9 Å². The minimum Gasteiger partial charge on any atom is -0.493 e. The van der Waals surface area contributed by atoms with Gasteiger partial charge < -0.3 is 19.5 Å². The lowest BCUT2D eigenvalue weighted by atomic mass is 10.2. The van der Waals surface area contributed by atoms with E-state index in [9.17, 15) is 18.0 Å². The number of amides is 1. The number of halogens is 3. The summed E-state index contributed by atoms with van der Waals surface area (Å²) in [5.41, 5.74) is -0.488. The van der Waals surface area contributed by atoms with Crippen LogP contribution in [0.5, 0.6) is 17.2 Å². The third-order valence-corrected chi connectivity index (χ3v) is 3.51. The first kappa shape index (κ1) is 19.4. The van der Waals surface area contributed by atoms with Crippen LogP contribution in [0.15, 0.2) is 18.2 Å². The molecule has 0 saturated carbocycles. The smallest absolute Gasteiger partial charge is 0.435 e. The number of nitrogens with zero attached hydrogens (tertiary/aromatic N) is 2. The number of aromatic nitrogens is 2. The standard InChI is InChI=1S/C16H18F3N3O4/c1-9-5-13(16(17,18)19)21-22(9)8-14(23)20-10-6-11(24-2)15(26-4)12(7-10)25-3/h5-7H,8H2,1-4H3,(H,20,23). The summed E-state index contributed by atoms with van der Waals surface area (Å²) in [6.07, 6.45) is -4.57. The quantitative estimate of drug-likeness (QED) is 0.843. The maximum atomic E-state index is 12.7. The van der Waals surface area contributed by atoms with Crippen LogP contribution in [0.3, 0.4) is 0 Å². The van der Waals surface area contributed by atoms with Crippen molar-refractivity contribution in [2.45, 2.75) is 19.6 Å². The molecule has 7 nitrogen and oxygen atoms in total. The molecule has 1 N–H and O–H groups in total. The van der Waals surface area contributed by atoms with E-state index in [0.717, 1.165) is 10.7 Å². The Morgan fingerprint density at radius 2 is 1.69 bits per heavy atom. The normalized spacial score (nSPS) is 11.2. The maximum Gasteiger partial charge on any atom is 0.435 e. The number of ether oxygens (including phenoxy) is 3. The van der Waals surface area contributed by atoms with Gasteiger partial charge in [-0.25, -0.2) is 0 Å². The molecule has 0 aliphatic rings. The molecule has 0 atom stereocenters. The van der Waals surface area contributed by atoms with Gasteiger partial charge in [0.05, 0.1) is 21.3 Å². The molecule has 1 heterocycles. The van der Waals surface area contributed by atoms with Crippen molar-refractivity contribution in [1.29, 1.82) is 0 Å². The third-order valence-electron chi connectivity index (χ3n) is 3.51. The van der Waals surface area contributed by atoms with Gasteiger partial charge in [0.15, 0.2) is 17.2 Å². The van der Waals surface area contributed by atoms with E-state index < -0.39 is 17.8 Å². The fourth-order valence-electron chi connectivity index (χ4n) is 2.30. The van der Waals surface area contributed by atoms with Crippen LogP contribution in [0.1, 0.15) is 11.4 Å². The maximum absolute atomic E-state index is 12.7. The van der Waals surface area contributed by atoms with E-state index in [2.05, 4.69) is 10.4 Å². The highest BCUT2D eigenvalue weighted by molar-refractivity contribution is 5.91. The highest BCUT2D eigenvalue weighted by Crippen LogP contribution is 2.39. The molecule has 2 rings (SSSR count). The molecule has 0 saturated heterocycles. The molecule has 0 unspecified atom stereocenters. The number of carbonyl (C=O) groups excluding carboxylic acids is 1. The first-order valence-electron chi connectivity index (χ1n) is 7.41. The number of benzene rings is 1. The van der Waals surface area contributed by atoms with Crippen LogP contribution in [0.2, 0.25) is 0 Å². The van der Waals surface area contributed by atoms with Gasteiger partial charge in [0, 0.05) is 23.5 Å². The summed E-state index contributed by atoms with van der Waals surface area (Å²) < 4.78 is 54.6. The van der Waals surface area contributed by atoms with Crippen molar-refractivity contribution in [3.05, 3.63) is 29.6 Å². The molecule has 142 valence electrons. The second-order valence-corrected chi connectivity index (χ2v) is 5.29. The van der Waals surface area contributed by atoms with Crippen molar-refractivity contribution >= 4 is 11.6 Å². The number of carbonyl (C=O) groups is 1. The summed E-state index contributed by atoms with van der Waals surface area (Å²) in [5, 5.41) is 5.99. The highest BCUT2D eigenvalue weighted by atomic mass is 19.4. The minimum absolute atomic E-state index is 0.220. The summed E-state index contributed by atoms with van der Waals surface area (Å²) in [6, 6.07) is 3.90. The Labute approximate surface area is 147 Å². The van der Waals surface area contributed by atoms with Crippen molar-refractivity contribution in [3.8, 4) is 17.2 Å². The second-order valence-electron chi connectivity index (χ2n) is 5.29. The van der Waals surface area contributed by atoms with Crippen LogP contribution in [0.4, 0.5) is 18.9 Å². The lowest BCUT2D eigenvalue weighted by Gasteiger charge is -2.14. The Hall–Kier alpha value is -2.91. The predicted octanol–water partition coefficient (Wildman–Crippen LogP) is 2.87. The minimum atomic E-state index is -4.57. The van der Waals surface area contributed by atoms with E-state index in [4.69, 9.17) is 14.2 Å². The van der Waals surface area contributed by atoms with Gasteiger partial charge in [0.1, 0.15) is 6.54 Å². The van der Waals surface area contributed by atoms with E-state index >= 15 is 0 Å². The molecule has 0 bridgehead atoms. The SMILES string of the molecule is COc1cc(NC(=O)Cn2nc(C(F)(F)F)cc2C)cc(OC)c1OC. The van der Waals surface area contributed by atoms with Gasteiger partial charge in [-0.1, -0.05) is 0 Å². The molecule has 1 aromatic heterocycles. The number of alkyl halides is 3. The van der Waals surface area contributed by atoms with Crippen molar-refractivity contribution < 1.29 is 32.2 Å². The zero-order valence-corrected chi connectivity index (χ0v) is 14.6. The monoisotopic (exact) mass is 373 g/mol. The lowest BCUT2D eigenvalue weighted by molar-refractivity contribution is -0.141. The Balaban J connectivity index is 2.19. The molecule has 0 spiro atoms. The van der Waals surface area contributed by atoms with Crippen LogP contribution in [-0.4, -0.2) is 37.0 Å². The second kappa shape index (κ2) is 7.54. The zero-order valence-electron chi connectivity index (χ0n) is 14.6. The van der Waals surface area contributed by atoms with Crippen LogP contribution in [-0.2, 0) is 17.5 Å². The van der Waals surface area contributed by atoms with Gasteiger partial charge in [-0.15, -0.1) is 0 Å². The first-order valence-corrected chi connectivity index (χ1v) is 7.41. The van der Waals surface area contributed by atoms with Crippen molar-refractivity contribution in [2.75, 3.05) is 26.6 Å². The van der Waals surface area contributed by atoms with Gasteiger partial charge in [-0.3, -0.25) is 9.48 Å². The van der Waals surface area contributed by atoms with Gasteiger partial charge in [-0.2, -0.15) is 18.3 Å². The topological polar surface area (TPSA) is 74.6 Å². The average molecular weight is 373 g/mol. The summed E-state index contributed by atoms with van der Waals surface area (Å²) in [7, 11) is 4.29. The third kappa shape index (κ3) is 4.19. The summed E-state index contributed by atoms with van der Waals surface area (Å²) in [5.74, 6) is 0.457. The van der Waals surface area contributed by atoms with Crippen LogP contribution >= 0.6 is 0 Å². The highest BCUT2D eigenvalue weighted by Gasteiger charge is 2.34. The van der Waals surface area contributed by atoms with Crippen LogP contribution < -0.4 is 19.5 Å². The summed E-state index contributed by atoms with van der Waals surface area (Å²) in [6.45, 7) is 1.06. The molecule has 26 heavy (non-hydrogen) atoms. The van der Waals surface area contributed by atoms with Gasteiger partial charge in [0.25, 0.3) is 0 Å². The first-order chi connectivity index (χ1) is 12.2. The molecule has 2 aromatic rings. The van der Waals surface area contributed by atoms with Crippen LogP contribution in [0, 0.1) is 6.92 Å². The Morgan fingerprint density at radius 3 is 2.12 bits per heavy atom. The molecule has 0 aliphatic carbocycles. The van der Waals surface area contributed by atoms with Crippen molar-refractivity contribution in [3.63, 3.8) is 0 Å². The van der Waals surface area contributed by atoms with Crippen molar-refractivity contribution in [1.82, 2.24) is 9.78 Å². The number of rotatable bonds is 6. The fraction of sp³-hybridized carbons (Fsp3) is 0.375.